The molecule has 0 aliphatic heterocycles. The Kier molecular flexibility index (Phi) is 3.24. The van der Waals surface area contributed by atoms with Gasteiger partial charge in [0.15, 0.2) is 0 Å². The molecule has 0 amide bonds. The predicted molar refractivity (Wildman–Crippen MR) is 58.9 cm³/mol. The molecule has 0 aliphatic carbocycles. The van der Waals surface area contributed by atoms with Gasteiger partial charge in [0.25, 0.3) is 0 Å². The number of rotatable bonds is 4. The number of aromatic amines is 1. The first-order valence-electron chi connectivity index (χ1n) is 4.51. The second kappa shape index (κ2) is 4.84. The maximum atomic E-state index is 4.90. The molecule has 0 fully saturated rings. The van der Waals surface area contributed by atoms with Crippen molar-refractivity contribution in [3.8, 4) is 6.01 Å². The third-order valence-corrected chi connectivity index (χ3v) is 2.77. The van der Waals surface area contributed by atoms with Crippen LogP contribution in [0, 0.1) is 0 Å². The Hall–Kier alpha value is -1.49. The smallest absolute Gasteiger partial charge is 0.312 e. The summed E-state index contributed by atoms with van der Waals surface area (Å²) in [5.41, 5.74) is 1.26. The van der Waals surface area contributed by atoms with Crippen LogP contribution in [0.5, 0.6) is 6.01 Å². The molecule has 2 aromatic rings. The first-order chi connectivity index (χ1) is 7.38. The quantitative estimate of drug-likeness (QED) is 0.803. The summed E-state index contributed by atoms with van der Waals surface area (Å²) in [4.78, 5) is 4.12. The van der Waals surface area contributed by atoms with Crippen molar-refractivity contribution in [2.75, 3.05) is 7.11 Å². The topological polar surface area (TPSA) is 50.8 Å². The van der Waals surface area contributed by atoms with Crippen molar-refractivity contribution >= 4 is 11.8 Å². The summed E-state index contributed by atoms with van der Waals surface area (Å²) in [6.45, 7) is 0. The Bertz CT molecular complexity index is 416. The Morgan fingerprint density at radius 2 is 2.13 bits per heavy atom. The van der Waals surface area contributed by atoms with Gasteiger partial charge in [-0.15, -0.1) is 5.10 Å². The van der Waals surface area contributed by atoms with Gasteiger partial charge in [0.2, 0.25) is 5.16 Å². The second-order valence-electron chi connectivity index (χ2n) is 2.90. The molecule has 78 valence electrons. The van der Waals surface area contributed by atoms with Crippen LogP contribution in [0.4, 0.5) is 0 Å². The van der Waals surface area contributed by atoms with Crippen molar-refractivity contribution < 1.29 is 4.74 Å². The van der Waals surface area contributed by atoms with Gasteiger partial charge in [-0.05, 0) is 5.56 Å². The molecule has 0 spiro atoms. The zero-order valence-electron chi connectivity index (χ0n) is 8.30. The maximum Gasteiger partial charge on any atom is 0.312 e. The minimum atomic E-state index is 0.450. The summed E-state index contributed by atoms with van der Waals surface area (Å²) in [5.74, 6) is 0.863. The van der Waals surface area contributed by atoms with Crippen molar-refractivity contribution in [3.63, 3.8) is 0 Å². The summed E-state index contributed by atoms with van der Waals surface area (Å²) < 4.78 is 4.90. The van der Waals surface area contributed by atoms with E-state index < -0.39 is 0 Å². The number of ether oxygens (including phenoxy) is 1. The first-order valence-corrected chi connectivity index (χ1v) is 5.50. The van der Waals surface area contributed by atoms with Crippen molar-refractivity contribution in [1.29, 1.82) is 0 Å². The highest BCUT2D eigenvalue weighted by Gasteiger charge is 2.03. The molecule has 0 atom stereocenters. The molecule has 5 heteroatoms. The average molecular weight is 221 g/mol. The Balaban J connectivity index is 1.93. The highest BCUT2D eigenvalue weighted by atomic mass is 32.2. The number of hydrogen-bond donors (Lipinski definition) is 1. The van der Waals surface area contributed by atoms with Gasteiger partial charge in [-0.2, -0.15) is 4.98 Å². The van der Waals surface area contributed by atoms with Crippen LogP contribution in [0.25, 0.3) is 0 Å². The minimum absolute atomic E-state index is 0.450. The van der Waals surface area contributed by atoms with Gasteiger partial charge in [0, 0.05) is 5.75 Å². The predicted octanol–water partition coefficient (Wildman–Crippen LogP) is 2.11. The molecule has 4 nitrogen and oxygen atoms in total. The van der Waals surface area contributed by atoms with Crippen LogP contribution in [0.15, 0.2) is 35.5 Å². The highest BCUT2D eigenvalue weighted by Crippen LogP contribution is 2.19. The number of nitrogens with one attached hydrogen (secondary N) is 1. The fraction of sp³-hybridized carbons (Fsp3) is 0.200. The summed E-state index contributed by atoms with van der Waals surface area (Å²) in [6, 6.07) is 10.7. The van der Waals surface area contributed by atoms with Gasteiger partial charge in [-0.25, -0.2) is 5.10 Å². The second-order valence-corrected chi connectivity index (χ2v) is 3.84. The monoisotopic (exact) mass is 221 g/mol. The molecule has 1 heterocycles. The molecule has 0 saturated carbocycles. The van der Waals surface area contributed by atoms with E-state index in [1.165, 1.54) is 5.56 Å². The molecule has 1 aromatic carbocycles. The van der Waals surface area contributed by atoms with Gasteiger partial charge in [-0.1, -0.05) is 42.1 Å². The summed E-state index contributed by atoms with van der Waals surface area (Å²) in [7, 11) is 1.56. The molecule has 0 unspecified atom stereocenters. The van der Waals surface area contributed by atoms with Crippen molar-refractivity contribution in [3.05, 3.63) is 35.9 Å². The summed E-state index contributed by atoms with van der Waals surface area (Å²) in [6.07, 6.45) is 0. The van der Waals surface area contributed by atoms with Crippen LogP contribution < -0.4 is 4.74 Å². The van der Waals surface area contributed by atoms with Crippen molar-refractivity contribution in [2.45, 2.75) is 10.9 Å². The standard InChI is InChI=1S/C10H11N3OS/c1-14-9-11-10(13-12-9)15-7-8-5-3-2-4-6-8/h2-6H,7H2,1H3,(H,11,12,13). The molecule has 0 saturated heterocycles. The van der Waals surface area contributed by atoms with Crippen LogP contribution in [0.1, 0.15) is 5.56 Å². The lowest BCUT2D eigenvalue weighted by molar-refractivity contribution is 0.381. The molecule has 2 rings (SSSR count). The van der Waals surface area contributed by atoms with Gasteiger partial charge < -0.3 is 4.74 Å². The molecule has 1 aromatic heterocycles. The lowest BCUT2D eigenvalue weighted by Gasteiger charge is -1.96. The first kappa shape index (κ1) is 10.0. The maximum absolute atomic E-state index is 4.90. The lowest BCUT2D eigenvalue weighted by Crippen LogP contribution is -1.83. The minimum Gasteiger partial charge on any atom is -0.467 e. The van der Waals surface area contributed by atoms with Crippen LogP contribution in [0.2, 0.25) is 0 Å². The molecular weight excluding hydrogens is 210 g/mol. The zero-order chi connectivity index (χ0) is 10.5. The number of aromatic nitrogens is 3. The number of methoxy groups -OCH3 is 1. The molecule has 0 aliphatic rings. The van der Waals surface area contributed by atoms with Crippen LogP contribution in [-0.4, -0.2) is 22.3 Å². The van der Waals surface area contributed by atoms with Gasteiger partial charge >= 0.3 is 6.01 Å². The molecule has 15 heavy (non-hydrogen) atoms. The average Bonchev–Trinajstić information content (AvgIpc) is 2.76. The number of nitrogens with zero attached hydrogens (tertiary/aromatic N) is 2. The molecule has 0 radical (unpaired) electrons. The number of thioether (sulfide) groups is 1. The Morgan fingerprint density at radius 1 is 1.33 bits per heavy atom. The SMILES string of the molecule is COc1nc(SCc2ccccc2)n[nH]1. The van der Waals surface area contributed by atoms with E-state index in [2.05, 4.69) is 27.3 Å². The molecule has 0 bridgehead atoms. The van der Waals surface area contributed by atoms with E-state index in [9.17, 15) is 0 Å². The zero-order valence-corrected chi connectivity index (χ0v) is 9.12. The molecular formula is C10H11N3OS. The largest absolute Gasteiger partial charge is 0.467 e. The van der Waals surface area contributed by atoms with Crippen molar-refractivity contribution in [2.24, 2.45) is 0 Å². The van der Waals surface area contributed by atoms with E-state index in [1.807, 2.05) is 18.2 Å². The van der Waals surface area contributed by atoms with Crippen LogP contribution in [-0.2, 0) is 5.75 Å². The van der Waals surface area contributed by atoms with Gasteiger partial charge in [0.1, 0.15) is 0 Å². The summed E-state index contributed by atoms with van der Waals surface area (Å²) in [5, 5.41) is 7.40. The van der Waals surface area contributed by atoms with E-state index in [0.717, 1.165) is 5.75 Å². The normalized spacial score (nSPS) is 10.2. The lowest BCUT2D eigenvalue weighted by atomic mass is 10.2. The Morgan fingerprint density at radius 3 is 2.80 bits per heavy atom. The number of hydrogen-bond acceptors (Lipinski definition) is 4. The fourth-order valence-corrected chi connectivity index (χ4v) is 1.86. The van der Waals surface area contributed by atoms with E-state index in [0.29, 0.717) is 11.2 Å². The van der Waals surface area contributed by atoms with E-state index in [1.54, 1.807) is 18.9 Å². The third kappa shape index (κ3) is 2.73. The van der Waals surface area contributed by atoms with E-state index >= 15 is 0 Å². The van der Waals surface area contributed by atoms with E-state index in [-0.39, 0.29) is 0 Å². The van der Waals surface area contributed by atoms with E-state index in [4.69, 9.17) is 4.74 Å². The third-order valence-electron chi connectivity index (χ3n) is 1.85. The molecule has 1 N–H and O–H groups in total. The summed E-state index contributed by atoms with van der Waals surface area (Å²) >= 11 is 1.58. The van der Waals surface area contributed by atoms with Gasteiger partial charge in [-0.3, -0.25) is 0 Å². The van der Waals surface area contributed by atoms with Crippen molar-refractivity contribution in [1.82, 2.24) is 15.2 Å². The number of H-pyrrole nitrogens is 1. The highest BCUT2D eigenvalue weighted by molar-refractivity contribution is 7.98. The van der Waals surface area contributed by atoms with Gasteiger partial charge in [0.05, 0.1) is 7.11 Å². The Labute approximate surface area is 92.1 Å². The van der Waals surface area contributed by atoms with Crippen LogP contribution >= 0.6 is 11.8 Å². The number of benzene rings is 1. The fourth-order valence-electron chi connectivity index (χ4n) is 1.11. The van der Waals surface area contributed by atoms with Crippen LogP contribution in [0.3, 0.4) is 0 Å².